The lowest BCUT2D eigenvalue weighted by atomic mass is 10.0. The van der Waals surface area contributed by atoms with Gasteiger partial charge in [0.05, 0.1) is 6.04 Å². The zero-order valence-corrected chi connectivity index (χ0v) is 15.6. The van der Waals surface area contributed by atoms with Gasteiger partial charge in [0, 0.05) is 17.1 Å². The number of amides is 1. The van der Waals surface area contributed by atoms with Crippen molar-refractivity contribution in [2.24, 2.45) is 0 Å². The molecule has 1 atom stereocenters. The minimum Gasteiger partial charge on any atom is -0.350 e. The van der Waals surface area contributed by atoms with Crippen molar-refractivity contribution in [3.05, 3.63) is 69.7 Å². The average Bonchev–Trinajstić information content (AvgIpc) is 3.13. The van der Waals surface area contributed by atoms with E-state index in [2.05, 4.69) is 16.3 Å². The highest BCUT2D eigenvalue weighted by Gasteiger charge is 2.25. The van der Waals surface area contributed by atoms with E-state index in [4.69, 9.17) is 11.6 Å². The summed E-state index contributed by atoms with van der Waals surface area (Å²) >= 11 is 6.44. The van der Waals surface area contributed by atoms with Gasteiger partial charge < -0.3 is 5.32 Å². The molecular formula is C21H25ClN2O. The molecule has 3 nitrogen and oxygen atoms in total. The lowest BCUT2D eigenvalue weighted by molar-refractivity contribution is 0.0937. The molecule has 0 saturated carbocycles. The highest BCUT2D eigenvalue weighted by molar-refractivity contribution is 6.31. The first-order valence-corrected chi connectivity index (χ1v) is 9.28. The van der Waals surface area contributed by atoms with Gasteiger partial charge in [0.2, 0.25) is 0 Å². The summed E-state index contributed by atoms with van der Waals surface area (Å²) in [4.78, 5) is 15.1. The van der Waals surface area contributed by atoms with E-state index in [0.29, 0.717) is 6.54 Å². The van der Waals surface area contributed by atoms with Gasteiger partial charge in [0.1, 0.15) is 0 Å². The van der Waals surface area contributed by atoms with Crippen LogP contribution < -0.4 is 5.32 Å². The van der Waals surface area contributed by atoms with E-state index in [1.807, 2.05) is 50.2 Å². The van der Waals surface area contributed by atoms with Gasteiger partial charge in [0.15, 0.2) is 0 Å². The number of aryl methyl sites for hydroxylation is 1. The zero-order valence-electron chi connectivity index (χ0n) is 14.9. The number of nitrogens with zero attached hydrogens (tertiary/aromatic N) is 1. The van der Waals surface area contributed by atoms with Gasteiger partial charge in [-0.25, -0.2) is 0 Å². The lowest BCUT2D eigenvalue weighted by Gasteiger charge is -2.29. The van der Waals surface area contributed by atoms with E-state index in [-0.39, 0.29) is 11.9 Å². The number of benzene rings is 2. The highest BCUT2D eigenvalue weighted by atomic mass is 35.5. The summed E-state index contributed by atoms with van der Waals surface area (Å²) in [6, 6.07) is 13.9. The van der Waals surface area contributed by atoms with Crippen molar-refractivity contribution in [3.8, 4) is 0 Å². The van der Waals surface area contributed by atoms with E-state index in [1.165, 1.54) is 12.8 Å². The van der Waals surface area contributed by atoms with Gasteiger partial charge in [-0.15, -0.1) is 0 Å². The summed E-state index contributed by atoms with van der Waals surface area (Å²) in [7, 11) is 0. The number of nitrogens with one attached hydrogen (secondary N) is 1. The zero-order chi connectivity index (χ0) is 17.8. The molecule has 1 aliphatic heterocycles. The van der Waals surface area contributed by atoms with Crippen molar-refractivity contribution in [2.45, 2.75) is 32.7 Å². The maximum atomic E-state index is 12.7. The number of rotatable bonds is 5. The normalized spacial score (nSPS) is 16.0. The third-order valence-electron chi connectivity index (χ3n) is 5.15. The van der Waals surface area contributed by atoms with Crippen LogP contribution in [0.2, 0.25) is 5.02 Å². The van der Waals surface area contributed by atoms with Crippen molar-refractivity contribution >= 4 is 17.5 Å². The molecule has 2 aromatic carbocycles. The molecule has 2 aromatic rings. The minimum atomic E-state index is -0.0162. The van der Waals surface area contributed by atoms with Crippen molar-refractivity contribution in [3.63, 3.8) is 0 Å². The van der Waals surface area contributed by atoms with Crippen LogP contribution >= 0.6 is 11.6 Å². The molecule has 1 fully saturated rings. The topological polar surface area (TPSA) is 32.3 Å². The maximum absolute atomic E-state index is 12.7. The van der Waals surface area contributed by atoms with E-state index in [1.54, 1.807) is 0 Å². The first kappa shape index (κ1) is 18.0. The Morgan fingerprint density at radius 1 is 1.12 bits per heavy atom. The quantitative estimate of drug-likeness (QED) is 0.854. The fourth-order valence-corrected chi connectivity index (χ4v) is 3.78. The van der Waals surface area contributed by atoms with E-state index < -0.39 is 0 Å². The van der Waals surface area contributed by atoms with Gasteiger partial charge in [-0.3, -0.25) is 9.69 Å². The number of carbonyl (C=O) groups is 1. The van der Waals surface area contributed by atoms with Crippen LogP contribution in [0, 0.1) is 13.8 Å². The molecule has 1 saturated heterocycles. The van der Waals surface area contributed by atoms with Crippen molar-refractivity contribution in [1.29, 1.82) is 0 Å². The molecule has 1 heterocycles. The first-order valence-electron chi connectivity index (χ1n) is 8.91. The van der Waals surface area contributed by atoms with Crippen LogP contribution in [0.25, 0.3) is 0 Å². The van der Waals surface area contributed by atoms with Crippen molar-refractivity contribution in [2.75, 3.05) is 19.6 Å². The molecule has 1 aliphatic rings. The summed E-state index contributed by atoms with van der Waals surface area (Å²) in [6.45, 7) is 6.69. The van der Waals surface area contributed by atoms with Gasteiger partial charge in [-0.05, 0) is 68.6 Å². The van der Waals surface area contributed by atoms with E-state index in [9.17, 15) is 4.79 Å². The maximum Gasteiger partial charge on any atom is 0.251 e. The molecule has 25 heavy (non-hydrogen) atoms. The number of halogens is 1. The second kappa shape index (κ2) is 8.03. The molecule has 1 amide bonds. The number of hydrogen-bond donors (Lipinski definition) is 1. The van der Waals surface area contributed by atoms with Gasteiger partial charge in [-0.2, -0.15) is 0 Å². The molecule has 3 rings (SSSR count). The van der Waals surface area contributed by atoms with Crippen LogP contribution in [0.4, 0.5) is 0 Å². The highest BCUT2D eigenvalue weighted by Crippen LogP contribution is 2.29. The molecule has 0 spiro atoms. The summed E-state index contributed by atoms with van der Waals surface area (Å²) in [6.07, 6.45) is 2.40. The summed E-state index contributed by atoms with van der Waals surface area (Å²) in [5.74, 6) is -0.0162. The average molecular weight is 357 g/mol. The predicted molar refractivity (Wildman–Crippen MR) is 103 cm³/mol. The van der Waals surface area contributed by atoms with Gasteiger partial charge in [0.25, 0.3) is 5.91 Å². The second-order valence-corrected chi connectivity index (χ2v) is 7.15. The molecule has 1 N–H and O–H groups in total. The Bertz CT molecular complexity index is 753. The molecule has 4 heteroatoms. The van der Waals surface area contributed by atoms with Crippen LogP contribution in [0.15, 0.2) is 42.5 Å². The second-order valence-electron chi connectivity index (χ2n) is 6.74. The molecule has 1 unspecified atom stereocenters. The number of hydrogen-bond acceptors (Lipinski definition) is 2. The van der Waals surface area contributed by atoms with Crippen molar-refractivity contribution in [1.82, 2.24) is 10.2 Å². The fourth-order valence-electron chi connectivity index (χ4n) is 3.52. The Morgan fingerprint density at radius 3 is 2.56 bits per heavy atom. The van der Waals surface area contributed by atoms with E-state index in [0.717, 1.165) is 40.4 Å². The Hall–Kier alpha value is -1.84. The molecule has 132 valence electrons. The smallest absolute Gasteiger partial charge is 0.251 e. The first-order chi connectivity index (χ1) is 12.1. The van der Waals surface area contributed by atoms with E-state index >= 15 is 0 Å². The Kier molecular flexibility index (Phi) is 5.77. The van der Waals surface area contributed by atoms with Crippen molar-refractivity contribution < 1.29 is 4.79 Å². The minimum absolute atomic E-state index is 0.0162. The third-order valence-corrected chi connectivity index (χ3v) is 5.50. The molecule has 0 aliphatic carbocycles. The van der Waals surface area contributed by atoms with Crippen LogP contribution in [-0.4, -0.2) is 30.4 Å². The number of carbonyl (C=O) groups excluding carboxylic acids is 1. The Morgan fingerprint density at radius 2 is 1.84 bits per heavy atom. The van der Waals surface area contributed by atoms with Gasteiger partial charge >= 0.3 is 0 Å². The lowest BCUT2D eigenvalue weighted by Crippen LogP contribution is -2.37. The monoisotopic (exact) mass is 356 g/mol. The fraction of sp³-hybridized carbons (Fsp3) is 0.381. The molecule has 0 aromatic heterocycles. The molecule has 0 bridgehead atoms. The van der Waals surface area contributed by atoms with Gasteiger partial charge in [-0.1, -0.05) is 41.9 Å². The predicted octanol–water partition coefficient (Wildman–Crippen LogP) is 4.52. The summed E-state index contributed by atoms with van der Waals surface area (Å²) < 4.78 is 0. The SMILES string of the molecule is Cc1cccc(C(=O)NCC(c2ccccc2Cl)N2CCCC2)c1C. The standard InChI is InChI=1S/C21H25ClN2O/c1-15-8-7-10-17(16(15)2)21(25)23-14-20(24-12-5-6-13-24)18-9-3-4-11-19(18)22/h3-4,7-11,20H,5-6,12-14H2,1-2H3,(H,23,25). The van der Waals surface area contributed by atoms with Crippen LogP contribution in [0.5, 0.6) is 0 Å². The van der Waals surface area contributed by atoms with Crippen LogP contribution in [-0.2, 0) is 0 Å². The summed E-state index contributed by atoms with van der Waals surface area (Å²) in [5, 5.41) is 3.89. The third kappa shape index (κ3) is 4.05. The largest absolute Gasteiger partial charge is 0.350 e. The Labute approximate surface area is 155 Å². The summed E-state index contributed by atoms with van der Waals surface area (Å²) in [5.41, 5.74) is 4.01. The molecule has 0 radical (unpaired) electrons. The number of likely N-dealkylation sites (tertiary alicyclic amines) is 1. The molecular weight excluding hydrogens is 332 g/mol. The van der Waals surface area contributed by atoms with Crippen LogP contribution in [0.3, 0.4) is 0 Å². The Balaban J connectivity index is 1.78. The van der Waals surface area contributed by atoms with Crippen LogP contribution in [0.1, 0.15) is 45.9 Å².